The van der Waals surface area contributed by atoms with Crippen molar-refractivity contribution >= 4 is 0 Å². The first-order chi connectivity index (χ1) is 8.81. The fraction of sp³-hybridized carbons (Fsp3) is 0.857. The molecule has 4 rings (SSSR count). The second-order valence-electron chi connectivity index (χ2n) is 6.38. The Kier molecular flexibility index (Phi) is 2.31. The van der Waals surface area contributed by atoms with Crippen LogP contribution in [0.4, 0.5) is 0 Å². The van der Waals surface area contributed by atoms with E-state index in [1.165, 1.54) is 25.0 Å². The lowest BCUT2D eigenvalue weighted by Crippen LogP contribution is -2.27. The highest BCUT2D eigenvalue weighted by molar-refractivity contribution is 5.20. The molecule has 0 aliphatic heterocycles. The molecule has 0 aromatic carbocycles. The molecule has 1 N–H and O–H groups in total. The molecule has 1 heterocycles. The summed E-state index contributed by atoms with van der Waals surface area (Å²) in [7, 11) is 2.01. The minimum Gasteiger partial charge on any atom is -0.309 e. The summed E-state index contributed by atoms with van der Waals surface area (Å²) in [5.41, 5.74) is 1.27. The lowest BCUT2D eigenvalue weighted by atomic mass is 9.96. The molecule has 5 unspecified atom stereocenters. The Morgan fingerprint density at radius 1 is 1.39 bits per heavy atom. The zero-order chi connectivity index (χ0) is 12.3. The van der Waals surface area contributed by atoms with Gasteiger partial charge in [-0.1, -0.05) is 12.1 Å². The van der Waals surface area contributed by atoms with Crippen molar-refractivity contribution in [2.24, 2.45) is 36.6 Å². The van der Waals surface area contributed by atoms with E-state index in [0.717, 1.165) is 36.1 Å². The number of aromatic nitrogens is 3. The van der Waals surface area contributed by atoms with E-state index in [4.69, 9.17) is 0 Å². The van der Waals surface area contributed by atoms with E-state index in [0.29, 0.717) is 6.04 Å². The average Bonchev–Trinajstić information content (AvgIpc) is 2.72. The zero-order valence-electron chi connectivity index (χ0n) is 11.2. The van der Waals surface area contributed by atoms with Gasteiger partial charge in [0.05, 0.1) is 17.9 Å². The molecule has 0 saturated heterocycles. The Labute approximate surface area is 108 Å². The van der Waals surface area contributed by atoms with Crippen molar-refractivity contribution in [3.05, 3.63) is 11.9 Å². The summed E-state index contributed by atoms with van der Waals surface area (Å²) < 4.78 is 1.95. The van der Waals surface area contributed by atoms with Gasteiger partial charge in [0.25, 0.3) is 0 Å². The molecule has 3 aliphatic carbocycles. The van der Waals surface area contributed by atoms with Gasteiger partial charge >= 0.3 is 0 Å². The molecule has 0 radical (unpaired) electrons. The number of hydrogen-bond donors (Lipinski definition) is 1. The van der Waals surface area contributed by atoms with Gasteiger partial charge in [0, 0.05) is 7.05 Å². The molecule has 3 fully saturated rings. The Morgan fingerprint density at radius 2 is 2.11 bits per heavy atom. The smallest absolute Gasteiger partial charge is 0.0756 e. The van der Waals surface area contributed by atoms with Crippen molar-refractivity contribution in [1.29, 1.82) is 0 Å². The normalized spacial score (nSPS) is 42.0. The molecule has 1 aromatic rings. The standard InChI is InChI=1S/C14H22N4/c1-3-15-14(10-7-16-17-18(10)2)13-11-8-4-5-9(6-8)12(11)13/h7-9,11-15H,3-6H2,1-2H3. The number of nitrogens with zero attached hydrogens (tertiary/aromatic N) is 3. The van der Waals surface area contributed by atoms with Gasteiger partial charge in [0.1, 0.15) is 0 Å². The van der Waals surface area contributed by atoms with Crippen molar-refractivity contribution in [3.8, 4) is 0 Å². The number of aryl methyl sites for hydroxylation is 1. The molecule has 18 heavy (non-hydrogen) atoms. The van der Waals surface area contributed by atoms with Gasteiger partial charge in [-0.2, -0.15) is 0 Å². The van der Waals surface area contributed by atoms with Crippen molar-refractivity contribution in [1.82, 2.24) is 20.3 Å². The Hall–Kier alpha value is -0.900. The molecule has 4 nitrogen and oxygen atoms in total. The van der Waals surface area contributed by atoms with Gasteiger partial charge in [-0.15, -0.1) is 5.10 Å². The summed E-state index contributed by atoms with van der Waals surface area (Å²) in [5.74, 6) is 4.93. The van der Waals surface area contributed by atoms with Crippen molar-refractivity contribution in [3.63, 3.8) is 0 Å². The predicted octanol–water partition coefficient (Wildman–Crippen LogP) is 1.76. The molecule has 1 aromatic heterocycles. The monoisotopic (exact) mass is 246 g/mol. The molecule has 0 amide bonds. The quantitative estimate of drug-likeness (QED) is 0.880. The minimum absolute atomic E-state index is 0.480. The summed E-state index contributed by atoms with van der Waals surface area (Å²) >= 11 is 0. The van der Waals surface area contributed by atoms with Crippen molar-refractivity contribution in [2.45, 2.75) is 32.2 Å². The summed E-state index contributed by atoms with van der Waals surface area (Å²) in [6.45, 7) is 3.23. The largest absolute Gasteiger partial charge is 0.309 e. The topological polar surface area (TPSA) is 42.7 Å². The average molecular weight is 246 g/mol. The van der Waals surface area contributed by atoms with Gasteiger partial charge in [-0.3, -0.25) is 4.68 Å². The van der Waals surface area contributed by atoms with E-state index in [2.05, 4.69) is 22.6 Å². The summed E-state index contributed by atoms with van der Waals surface area (Å²) in [6, 6.07) is 0.480. The maximum atomic E-state index is 4.10. The van der Waals surface area contributed by atoms with Crippen LogP contribution in [-0.2, 0) is 7.05 Å². The van der Waals surface area contributed by atoms with Crippen LogP contribution in [0.1, 0.15) is 37.9 Å². The van der Waals surface area contributed by atoms with Gasteiger partial charge in [-0.05, 0) is 55.4 Å². The number of hydrogen-bond acceptors (Lipinski definition) is 3. The van der Waals surface area contributed by atoms with Crippen LogP contribution in [0.2, 0.25) is 0 Å². The number of nitrogens with one attached hydrogen (secondary N) is 1. The summed E-state index contributed by atoms with van der Waals surface area (Å²) in [4.78, 5) is 0. The summed E-state index contributed by atoms with van der Waals surface area (Å²) in [5, 5.41) is 11.8. The van der Waals surface area contributed by atoms with Gasteiger partial charge < -0.3 is 5.32 Å². The highest BCUT2D eigenvalue weighted by atomic mass is 15.4. The van der Waals surface area contributed by atoms with Crippen molar-refractivity contribution in [2.75, 3.05) is 6.54 Å². The SMILES string of the molecule is CCNC(c1cnnn1C)C1C2C3CCC(C3)C21. The van der Waals surface area contributed by atoms with Crippen LogP contribution in [-0.4, -0.2) is 21.5 Å². The summed E-state index contributed by atoms with van der Waals surface area (Å²) in [6.07, 6.45) is 6.45. The van der Waals surface area contributed by atoms with E-state index in [1.54, 1.807) is 0 Å². The number of rotatable bonds is 4. The lowest BCUT2D eigenvalue weighted by Gasteiger charge is -2.21. The molecule has 0 spiro atoms. The Bertz CT molecular complexity index is 438. The first kappa shape index (κ1) is 11.0. The second kappa shape index (κ2) is 3.80. The van der Waals surface area contributed by atoms with E-state index in [-0.39, 0.29) is 0 Å². The third-order valence-electron chi connectivity index (χ3n) is 5.67. The second-order valence-corrected chi connectivity index (χ2v) is 6.38. The molecular weight excluding hydrogens is 224 g/mol. The van der Waals surface area contributed by atoms with E-state index >= 15 is 0 Å². The van der Waals surface area contributed by atoms with Crippen LogP contribution in [0.15, 0.2) is 6.20 Å². The Morgan fingerprint density at radius 3 is 2.67 bits per heavy atom. The third-order valence-corrected chi connectivity index (χ3v) is 5.67. The first-order valence-electron chi connectivity index (χ1n) is 7.39. The van der Waals surface area contributed by atoms with Crippen LogP contribution in [0, 0.1) is 29.6 Å². The highest BCUT2D eigenvalue weighted by Gasteiger charge is 2.67. The van der Waals surface area contributed by atoms with Crippen LogP contribution in [0.5, 0.6) is 0 Å². The van der Waals surface area contributed by atoms with E-state index < -0.39 is 0 Å². The molecule has 5 atom stereocenters. The van der Waals surface area contributed by atoms with Crippen LogP contribution < -0.4 is 5.32 Å². The minimum atomic E-state index is 0.480. The fourth-order valence-corrected chi connectivity index (χ4v) is 5.08. The highest BCUT2D eigenvalue weighted by Crippen LogP contribution is 2.72. The van der Waals surface area contributed by atoms with Gasteiger partial charge in [0.15, 0.2) is 0 Å². The molecule has 98 valence electrons. The molecular formula is C14H22N4. The van der Waals surface area contributed by atoms with E-state index in [9.17, 15) is 0 Å². The molecule has 4 heteroatoms. The first-order valence-corrected chi connectivity index (χ1v) is 7.39. The fourth-order valence-electron chi connectivity index (χ4n) is 5.08. The van der Waals surface area contributed by atoms with Crippen LogP contribution in [0.25, 0.3) is 0 Å². The molecule has 2 bridgehead atoms. The number of fused-ring (bicyclic) bond motifs is 5. The maximum absolute atomic E-state index is 4.10. The van der Waals surface area contributed by atoms with Crippen molar-refractivity contribution < 1.29 is 0 Å². The Balaban J connectivity index is 1.60. The van der Waals surface area contributed by atoms with Gasteiger partial charge in [-0.25, -0.2) is 0 Å². The maximum Gasteiger partial charge on any atom is 0.0756 e. The zero-order valence-corrected chi connectivity index (χ0v) is 11.2. The van der Waals surface area contributed by atoms with Crippen LogP contribution in [0.3, 0.4) is 0 Å². The van der Waals surface area contributed by atoms with Crippen LogP contribution >= 0.6 is 0 Å². The molecule has 3 aliphatic rings. The predicted molar refractivity (Wildman–Crippen MR) is 68.7 cm³/mol. The third kappa shape index (κ3) is 1.35. The van der Waals surface area contributed by atoms with Gasteiger partial charge in [0.2, 0.25) is 0 Å². The molecule has 3 saturated carbocycles. The van der Waals surface area contributed by atoms with E-state index in [1.807, 2.05) is 17.9 Å². The lowest BCUT2D eigenvalue weighted by molar-refractivity contribution is 0.361.